The molecular formula is C7H20O4Si3. The average molecular weight is 252 g/mol. The van der Waals surface area contributed by atoms with E-state index in [4.69, 9.17) is 13.0 Å². The van der Waals surface area contributed by atoms with E-state index >= 15 is 0 Å². The Morgan fingerprint density at radius 1 is 1.50 bits per heavy atom. The molecule has 0 spiro atoms. The highest BCUT2D eigenvalue weighted by atomic mass is 28.4. The minimum absolute atomic E-state index is 0.206. The zero-order chi connectivity index (χ0) is 11.0. The van der Waals surface area contributed by atoms with Gasteiger partial charge in [0, 0.05) is 6.92 Å². The first kappa shape index (κ1) is 14.0. The van der Waals surface area contributed by atoms with Crippen LogP contribution in [-0.2, 0) is 17.8 Å². The summed E-state index contributed by atoms with van der Waals surface area (Å²) in [6, 6.07) is 1.03. The number of carbonyl (C=O) groups is 1. The summed E-state index contributed by atoms with van der Waals surface area (Å²) in [5, 5.41) is 0. The fourth-order valence-corrected chi connectivity index (χ4v) is 5.39. The zero-order valence-electron chi connectivity index (χ0n) is 9.46. The van der Waals surface area contributed by atoms with Gasteiger partial charge < -0.3 is 13.0 Å². The molecule has 0 rings (SSSR count). The second kappa shape index (κ2) is 7.35. The Hall–Kier alpha value is 0.0406. The third kappa shape index (κ3) is 8.63. The summed E-state index contributed by atoms with van der Waals surface area (Å²) in [7, 11) is -1.47. The van der Waals surface area contributed by atoms with Crippen molar-refractivity contribution in [3.63, 3.8) is 0 Å². The molecule has 0 N–H and O–H groups in total. The highest BCUT2D eigenvalue weighted by Gasteiger charge is 2.21. The van der Waals surface area contributed by atoms with Gasteiger partial charge in [-0.15, -0.1) is 0 Å². The summed E-state index contributed by atoms with van der Waals surface area (Å²) in [5.41, 5.74) is 0. The first-order valence-electron chi connectivity index (χ1n) is 4.74. The molecule has 0 aromatic heterocycles. The van der Waals surface area contributed by atoms with Crippen LogP contribution in [0.3, 0.4) is 0 Å². The van der Waals surface area contributed by atoms with Crippen LogP contribution in [0.2, 0.25) is 19.1 Å². The fourth-order valence-electron chi connectivity index (χ4n) is 1.00. The Morgan fingerprint density at radius 3 is 2.64 bits per heavy atom. The highest BCUT2D eigenvalue weighted by molar-refractivity contribution is 6.74. The van der Waals surface area contributed by atoms with Gasteiger partial charge in [-0.3, -0.25) is 4.79 Å². The zero-order valence-corrected chi connectivity index (χ0v) is 13.9. The number of hydrogen-bond acceptors (Lipinski definition) is 4. The second-order valence-electron chi connectivity index (χ2n) is 3.75. The molecule has 0 bridgehead atoms. The normalized spacial score (nSPS) is 12.5. The minimum atomic E-state index is -1.53. The highest BCUT2D eigenvalue weighted by Crippen LogP contribution is 2.12. The first-order chi connectivity index (χ1) is 6.48. The molecule has 0 saturated heterocycles. The Bertz CT molecular complexity index is 174. The van der Waals surface area contributed by atoms with E-state index in [0.717, 1.165) is 23.0 Å². The van der Waals surface area contributed by atoms with Gasteiger partial charge in [-0.1, -0.05) is 0 Å². The second-order valence-corrected chi connectivity index (χ2v) is 11.5. The lowest BCUT2D eigenvalue weighted by molar-refractivity contribution is -0.140. The van der Waals surface area contributed by atoms with Crippen molar-refractivity contribution in [2.75, 3.05) is 6.61 Å². The molecule has 0 aliphatic rings. The van der Waals surface area contributed by atoms with E-state index in [1.165, 1.54) is 6.92 Å². The maximum absolute atomic E-state index is 10.5. The molecular weight excluding hydrogens is 232 g/mol. The lowest BCUT2D eigenvalue weighted by atomic mass is 10.5. The Kier molecular flexibility index (Phi) is 7.37. The summed E-state index contributed by atoms with van der Waals surface area (Å²) in [6.45, 7) is 6.29. The van der Waals surface area contributed by atoms with Crippen LogP contribution < -0.4 is 0 Å². The number of ether oxygens (including phenoxy) is 1. The summed E-state index contributed by atoms with van der Waals surface area (Å²) in [4.78, 5) is 10.5. The van der Waals surface area contributed by atoms with Crippen LogP contribution in [0.15, 0.2) is 0 Å². The first-order valence-corrected chi connectivity index (χ1v) is 9.83. The molecule has 0 aliphatic heterocycles. The fraction of sp³-hybridized carbons (Fsp3) is 0.857. The minimum Gasteiger partial charge on any atom is -0.466 e. The molecule has 0 aromatic rings. The quantitative estimate of drug-likeness (QED) is 0.347. The summed E-state index contributed by atoms with van der Waals surface area (Å²) in [6.07, 6.45) is 0.897. The maximum atomic E-state index is 10.5. The van der Waals surface area contributed by atoms with E-state index in [-0.39, 0.29) is 5.97 Å². The van der Waals surface area contributed by atoms with E-state index in [1.54, 1.807) is 0 Å². The standard InChI is InChI=1S/C7H20O4Si3/c1-7(8)9-5-4-6-14(2,3)11-13-10-12/h4-6,13H2,1-3,12H3. The van der Waals surface area contributed by atoms with Crippen molar-refractivity contribution < 1.29 is 17.8 Å². The van der Waals surface area contributed by atoms with Crippen LogP contribution in [-0.4, -0.2) is 41.4 Å². The van der Waals surface area contributed by atoms with Crippen LogP contribution in [0.4, 0.5) is 0 Å². The molecule has 0 radical (unpaired) electrons. The van der Waals surface area contributed by atoms with Crippen LogP contribution in [0.1, 0.15) is 13.3 Å². The monoisotopic (exact) mass is 252 g/mol. The third-order valence-corrected chi connectivity index (χ3v) is 7.89. The number of hydrogen-bond donors (Lipinski definition) is 0. The van der Waals surface area contributed by atoms with Crippen molar-refractivity contribution in [3.8, 4) is 0 Å². The smallest absolute Gasteiger partial charge is 0.302 e. The third-order valence-electron chi connectivity index (χ3n) is 1.80. The summed E-state index contributed by atoms with van der Waals surface area (Å²) in [5.74, 6) is -0.206. The molecule has 0 fully saturated rings. The van der Waals surface area contributed by atoms with Gasteiger partial charge in [0.2, 0.25) is 0 Å². The van der Waals surface area contributed by atoms with Crippen molar-refractivity contribution in [2.45, 2.75) is 32.5 Å². The molecule has 84 valence electrons. The largest absolute Gasteiger partial charge is 0.466 e. The van der Waals surface area contributed by atoms with Gasteiger partial charge in [0.25, 0.3) is 10.0 Å². The van der Waals surface area contributed by atoms with E-state index in [1.807, 2.05) is 0 Å². The molecule has 0 saturated carbocycles. The van der Waals surface area contributed by atoms with Crippen molar-refractivity contribution in [1.29, 1.82) is 0 Å². The Morgan fingerprint density at radius 2 is 2.14 bits per heavy atom. The van der Waals surface area contributed by atoms with Crippen molar-refractivity contribution in [2.24, 2.45) is 0 Å². The van der Waals surface area contributed by atoms with E-state index in [2.05, 4.69) is 13.1 Å². The number of carbonyl (C=O) groups excluding carboxylic acids is 1. The topological polar surface area (TPSA) is 44.8 Å². The summed E-state index contributed by atoms with van der Waals surface area (Å²) < 4.78 is 15.7. The van der Waals surface area contributed by atoms with Gasteiger partial charge in [0.15, 0.2) is 8.32 Å². The lowest BCUT2D eigenvalue weighted by Gasteiger charge is -2.22. The predicted molar refractivity (Wildman–Crippen MR) is 64.2 cm³/mol. The summed E-state index contributed by atoms with van der Waals surface area (Å²) >= 11 is 0. The van der Waals surface area contributed by atoms with Crippen LogP contribution in [0, 0.1) is 0 Å². The molecule has 0 atom stereocenters. The van der Waals surface area contributed by atoms with Gasteiger partial charge in [-0.05, 0) is 25.6 Å². The van der Waals surface area contributed by atoms with Crippen molar-refractivity contribution in [1.82, 2.24) is 0 Å². The molecule has 0 unspecified atom stereocenters. The van der Waals surface area contributed by atoms with E-state index in [0.29, 0.717) is 6.61 Å². The molecule has 0 amide bonds. The van der Waals surface area contributed by atoms with Gasteiger partial charge in [-0.2, -0.15) is 0 Å². The average Bonchev–Trinajstić information content (AvgIpc) is 2.09. The maximum Gasteiger partial charge on any atom is 0.302 e. The Labute approximate surface area is 92.1 Å². The molecule has 4 nitrogen and oxygen atoms in total. The lowest BCUT2D eigenvalue weighted by Crippen LogP contribution is -2.32. The molecule has 0 aliphatic carbocycles. The SMILES string of the molecule is CC(=O)OCCC[Si](C)(C)O[SiH2]O[SiH3]. The van der Waals surface area contributed by atoms with Gasteiger partial charge >= 0.3 is 5.97 Å². The molecule has 0 aromatic carbocycles. The van der Waals surface area contributed by atoms with Crippen molar-refractivity contribution >= 4 is 34.8 Å². The molecule has 7 heteroatoms. The molecule has 14 heavy (non-hydrogen) atoms. The predicted octanol–water partition coefficient (Wildman–Crippen LogP) is -0.543. The molecule has 0 heterocycles. The van der Waals surface area contributed by atoms with Crippen LogP contribution in [0.5, 0.6) is 0 Å². The van der Waals surface area contributed by atoms with Gasteiger partial charge in [0.1, 0.15) is 10.5 Å². The van der Waals surface area contributed by atoms with Crippen molar-refractivity contribution in [3.05, 3.63) is 0 Å². The van der Waals surface area contributed by atoms with E-state index in [9.17, 15) is 4.79 Å². The number of rotatable bonds is 7. The number of esters is 1. The van der Waals surface area contributed by atoms with Crippen LogP contribution >= 0.6 is 0 Å². The van der Waals surface area contributed by atoms with Gasteiger partial charge in [-0.25, -0.2) is 0 Å². The van der Waals surface area contributed by atoms with Gasteiger partial charge in [0.05, 0.1) is 6.61 Å². The van der Waals surface area contributed by atoms with Crippen LogP contribution in [0.25, 0.3) is 0 Å². The Balaban J connectivity index is 3.49. The van der Waals surface area contributed by atoms with E-state index < -0.39 is 18.3 Å².